The molecule has 2 amide bonds. The van der Waals surface area contributed by atoms with Crippen LogP contribution in [-0.4, -0.2) is 67.7 Å². The molecule has 3 aliphatic rings. The summed E-state index contributed by atoms with van der Waals surface area (Å²) in [5, 5.41) is 4.97. The quantitative estimate of drug-likeness (QED) is 0.694. The van der Waals surface area contributed by atoms with Crippen LogP contribution in [0.2, 0.25) is 0 Å². The van der Waals surface area contributed by atoms with E-state index < -0.39 is 48.2 Å². The third-order valence-electron chi connectivity index (χ3n) is 4.12. The van der Waals surface area contributed by atoms with Gasteiger partial charge in [-0.25, -0.2) is 0 Å². The normalized spacial score (nSPS) is 39.0. The van der Waals surface area contributed by atoms with Crippen molar-refractivity contribution >= 4 is 11.8 Å². The first kappa shape index (κ1) is 17.6. The van der Waals surface area contributed by atoms with Crippen LogP contribution in [0.3, 0.4) is 0 Å². The summed E-state index contributed by atoms with van der Waals surface area (Å²) in [6, 6.07) is 0. The van der Waals surface area contributed by atoms with E-state index in [2.05, 4.69) is 10.6 Å². The second-order valence-electron chi connectivity index (χ2n) is 6.98. The number of hydrogen-bond acceptors (Lipinski definition) is 7. The van der Waals surface area contributed by atoms with E-state index in [-0.39, 0.29) is 12.5 Å². The average Bonchev–Trinajstić information content (AvgIpc) is 2.97. The average molecular weight is 344 g/mol. The Bertz CT molecular complexity index is 536. The van der Waals surface area contributed by atoms with Gasteiger partial charge in [-0.15, -0.1) is 0 Å². The van der Waals surface area contributed by atoms with Gasteiger partial charge in [-0.3, -0.25) is 9.59 Å². The molecule has 9 heteroatoms. The fourth-order valence-electron chi connectivity index (χ4n) is 3.18. The molecule has 0 aromatic rings. The number of carbonyl (C=O) groups excluding carboxylic acids is 2. The summed E-state index contributed by atoms with van der Waals surface area (Å²) >= 11 is 0. The van der Waals surface area contributed by atoms with Crippen LogP contribution in [0.25, 0.3) is 0 Å². The second-order valence-corrected chi connectivity index (χ2v) is 6.98. The van der Waals surface area contributed by atoms with E-state index in [4.69, 9.17) is 23.7 Å². The van der Waals surface area contributed by atoms with E-state index >= 15 is 0 Å². The molecule has 3 rings (SSSR count). The Morgan fingerprint density at radius 3 is 2.17 bits per heavy atom. The van der Waals surface area contributed by atoms with Gasteiger partial charge in [0.25, 0.3) is 5.91 Å². The molecule has 0 saturated carbocycles. The van der Waals surface area contributed by atoms with Gasteiger partial charge in [-0.2, -0.15) is 0 Å². The van der Waals surface area contributed by atoms with Gasteiger partial charge in [-0.05, 0) is 27.7 Å². The van der Waals surface area contributed by atoms with E-state index in [1.807, 2.05) is 0 Å². The van der Waals surface area contributed by atoms with Gasteiger partial charge in [0, 0.05) is 7.05 Å². The highest BCUT2D eigenvalue weighted by Crippen LogP contribution is 2.44. The van der Waals surface area contributed by atoms with Crippen molar-refractivity contribution in [3.05, 3.63) is 0 Å². The standard InChI is InChI=1S/C15H24N2O7/c1-14(2)21-8-9(22-14)11-13(24-15(3,4)23-11)20-10(8)12(19)17-6-7(18)16-5/h8-11,13H,6H2,1-5H3,(H,16,18)(H,17,19)/t8-,9-,10+,11+,13-/m0/s1. The zero-order valence-corrected chi connectivity index (χ0v) is 14.5. The van der Waals surface area contributed by atoms with Crippen LogP contribution in [0, 0.1) is 0 Å². The summed E-state index contributed by atoms with van der Waals surface area (Å²) in [7, 11) is 1.49. The van der Waals surface area contributed by atoms with E-state index in [0.717, 1.165) is 0 Å². The zero-order valence-electron chi connectivity index (χ0n) is 14.5. The molecule has 0 aromatic carbocycles. The van der Waals surface area contributed by atoms with Crippen molar-refractivity contribution < 1.29 is 33.3 Å². The molecule has 3 aliphatic heterocycles. The van der Waals surface area contributed by atoms with Crippen LogP contribution < -0.4 is 10.6 Å². The molecule has 0 radical (unpaired) electrons. The predicted octanol–water partition coefficient (Wildman–Crippen LogP) is -0.755. The van der Waals surface area contributed by atoms with Gasteiger partial charge in [0.2, 0.25) is 5.91 Å². The number of rotatable bonds is 3. The number of amides is 2. The van der Waals surface area contributed by atoms with Gasteiger partial charge in [-0.1, -0.05) is 0 Å². The first-order valence-electron chi connectivity index (χ1n) is 7.97. The third kappa shape index (κ3) is 3.27. The summed E-state index contributed by atoms with van der Waals surface area (Å²) in [5.41, 5.74) is 0. The van der Waals surface area contributed by atoms with Crippen LogP contribution in [0.4, 0.5) is 0 Å². The fourth-order valence-corrected chi connectivity index (χ4v) is 3.18. The monoisotopic (exact) mass is 344 g/mol. The lowest BCUT2D eigenvalue weighted by molar-refractivity contribution is -0.231. The smallest absolute Gasteiger partial charge is 0.252 e. The Hall–Kier alpha value is -1.26. The van der Waals surface area contributed by atoms with Gasteiger partial charge in [0.1, 0.15) is 18.3 Å². The molecule has 0 bridgehead atoms. The van der Waals surface area contributed by atoms with Crippen molar-refractivity contribution in [3.63, 3.8) is 0 Å². The Kier molecular flexibility index (Phi) is 4.33. The lowest BCUT2D eigenvalue weighted by Gasteiger charge is -2.36. The molecule has 9 nitrogen and oxygen atoms in total. The molecule has 0 unspecified atom stereocenters. The van der Waals surface area contributed by atoms with E-state index in [1.165, 1.54) is 7.05 Å². The van der Waals surface area contributed by atoms with Crippen LogP contribution in [0.15, 0.2) is 0 Å². The Morgan fingerprint density at radius 2 is 1.50 bits per heavy atom. The number of carbonyl (C=O) groups is 2. The maximum atomic E-state index is 12.5. The van der Waals surface area contributed by atoms with Crippen LogP contribution in [-0.2, 0) is 33.3 Å². The molecule has 136 valence electrons. The van der Waals surface area contributed by atoms with Gasteiger partial charge in [0.15, 0.2) is 24.0 Å². The van der Waals surface area contributed by atoms with Crippen molar-refractivity contribution in [2.24, 2.45) is 0 Å². The van der Waals surface area contributed by atoms with Crippen molar-refractivity contribution in [1.29, 1.82) is 0 Å². The summed E-state index contributed by atoms with van der Waals surface area (Å²) in [6.45, 7) is 6.92. The zero-order chi connectivity index (χ0) is 17.7. The van der Waals surface area contributed by atoms with Crippen molar-refractivity contribution in [2.75, 3.05) is 13.6 Å². The van der Waals surface area contributed by atoms with Crippen molar-refractivity contribution in [2.45, 2.75) is 70.0 Å². The van der Waals surface area contributed by atoms with E-state index in [9.17, 15) is 9.59 Å². The first-order chi connectivity index (χ1) is 11.1. The maximum Gasteiger partial charge on any atom is 0.252 e. The molecule has 24 heavy (non-hydrogen) atoms. The molecular weight excluding hydrogens is 320 g/mol. The number of ether oxygens (including phenoxy) is 5. The summed E-state index contributed by atoms with van der Waals surface area (Å²) in [6.07, 6.45) is -3.34. The molecule has 3 saturated heterocycles. The molecule has 0 aliphatic carbocycles. The minimum atomic E-state index is -0.958. The Morgan fingerprint density at radius 1 is 0.917 bits per heavy atom. The lowest BCUT2D eigenvalue weighted by atomic mass is 9.98. The SMILES string of the molecule is CNC(=O)CNC(=O)[C@@H]1O[C@H]2OC(C)(C)O[C@@H]2[C@H]2OC(C)(C)O[C@@H]21. The Balaban J connectivity index is 1.77. The molecule has 3 fully saturated rings. The molecule has 5 atom stereocenters. The number of fused-ring (bicyclic) bond motifs is 3. The highest BCUT2D eigenvalue weighted by molar-refractivity contribution is 5.87. The van der Waals surface area contributed by atoms with Gasteiger partial charge >= 0.3 is 0 Å². The summed E-state index contributed by atoms with van der Waals surface area (Å²) < 4.78 is 29.1. The van der Waals surface area contributed by atoms with Crippen molar-refractivity contribution in [3.8, 4) is 0 Å². The summed E-state index contributed by atoms with van der Waals surface area (Å²) in [4.78, 5) is 23.8. The second kappa shape index (κ2) is 5.92. The summed E-state index contributed by atoms with van der Waals surface area (Å²) in [5.74, 6) is -2.48. The van der Waals surface area contributed by atoms with Crippen molar-refractivity contribution in [1.82, 2.24) is 10.6 Å². The molecule has 3 heterocycles. The molecule has 2 N–H and O–H groups in total. The highest BCUT2D eigenvalue weighted by Gasteiger charge is 2.62. The topological polar surface area (TPSA) is 104 Å². The van der Waals surface area contributed by atoms with Gasteiger partial charge in [0.05, 0.1) is 6.54 Å². The lowest BCUT2D eigenvalue weighted by Crippen LogP contribution is -2.60. The first-order valence-corrected chi connectivity index (χ1v) is 7.97. The van der Waals surface area contributed by atoms with Crippen LogP contribution in [0.5, 0.6) is 0 Å². The van der Waals surface area contributed by atoms with E-state index in [1.54, 1.807) is 27.7 Å². The number of hydrogen-bond donors (Lipinski definition) is 2. The maximum absolute atomic E-state index is 12.5. The third-order valence-corrected chi connectivity index (χ3v) is 4.12. The van der Waals surface area contributed by atoms with E-state index in [0.29, 0.717) is 0 Å². The minimum absolute atomic E-state index is 0.145. The molecule has 0 spiro atoms. The van der Waals surface area contributed by atoms with Crippen LogP contribution in [0.1, 0.15) is 27.7 Å². The largest absolute Gasteiger partial charge is 0.358 e. The Labute approximate surface area is 140 Å². The number of likely N-dealkylation sites (N-methyl/N-ethyl adjacent to an activating group) is 1. The van der Waals surface area contributed by atoms with Crippen LogP contribution >= 0.6 is 0 Å². The minimum Gasteiger partial charge on any atom is -0.358 e. The highest BCUT2D eigenvalue weighted by atomic mass is 16.9. The molecule has 0 aromatic heterocycles. The number of nitrogens with one attached hydrogen (secondary N) is 2. The fraction of sp³-hybridized carbons (Fsp3) is 0.867. The predicted molar refractivity (Wildman–Crippen MR) is 79.6 cm³/mol. The van der Waals surface area contributed by atoms with Gasteiger partial charge < -0.3 is 34.3 Å². The molecular formula is C15H24N2O7.